The van der Waals surface area contributed by atoms with Crippen LogP contribution in [0.15, 0.2) is 28.9 Å². The zero-order valence-electron chi connectivity index (χ0n) is 18.3. The molecule has 29 heavy (non-hydrogen) atoms. The smallest absolute Gasteiger partial charge is 0.311 e. The fraction of sp³-hybridized carbons (Fsp3) is 0.708. The van der Waals surface area contributed by atoms with Crippen LogP contribution in [0.2, 0.25) is 0 Å². The van der Waals surface area contributed by atoms with E-state index in [-0.39, 0.29) is 18.0 Å². The van der Waals surface area contributed by atoms with Crippen LogP contribution in [0, 0.1) is 22.7 Å². The second-order valence-electron chi connectivity index (χ2n) is 9.38. The van der Waals surface area contributed by atoms with Crippen LogP contribution in [-0.4, -0.2) is 31.3 Å². The van der Waals surface area contributed by atoms with E-state index in [9.17, 15) is 4.79 Å². The number of hydrogen-bond acceptors (Lipinski definition) is 5. The van der Waals surface area contributed by atoms with Gasteiger partial charge in [-0.1, -0.05) is 25.5 Å². The minimum Gasteiger partial charge on any atom is -0.469 e. The van der Waals surface area contributed by atoms with Gasteiger partial charge in [-0.25, -0.2) is 0 Å². The molecule has 2 N–H and O–H groups in total. The number of aliphatic hydroxyl groups is 1. The Morgan fingerprint density at radius 1 is 1.41 bits per heavy atom. The maximum absolute atomic E-state index is 12.7. The minimum atomic E-state index is -0.393. The van der Waals surface area contributed by atoms with Crippen LogP contribution < -0.4 is 5.32 Å². The number of furan rings is 1. The Hall–Kier alpha value is -1.59. The quantitative estimate of drug-likeness (QED) is 0.386. The average Bonchev–Trinajstić information content (AvgIpc) is 3.14. The van der Waals surface area contributed by atoms with Gasteiger partial charge in [0.1, 0.15) is 5.76 Å². The Morgan fingerprint density at radius 2 is 2.21 bits per heavy atom. The molecule has 5 heteroatoms. The fourth-order valence-electron chi connectivity index (χ4n) is 6.29. The third-order valence-corrected chi connectivity index (χ3v) is 7.79. The predicted octanol–water partition coefficient (Wildman–Crippen LogP) is 4.25. The highest BCUT2D eigenvalue weighted by molar-refractivity contribution is 5.77. The van der Waals surface area contributed by atoms with E-state index in [1.165, 1.54) is 18.2 Å². The molecule has 0 bridgehead atoms. The van der Waals surface area contributed by atoms with Crippen LogP contribution in [0.25, 0.3) is 0 Å². The maximum Gasteiger partial charge on any atom is 0.311 e. The van der Waals surface area contributed by atoms with E-state index in [4.69, 9.17) is 14.3 Å². The molecule has 2 fully saturated rings. The monoisotopic (exact) mass is 403 g/mol. The van der Waals surface area contributed by atoms with E-state index in [1.807, 2.05) is 0 Å². The van der Waals surface area contributed by atoms with E-state index in [0.717, 1.165) is 50.7 Å². The van der Waals surface area contributed by atoms with Gasteiger partial charge in [-0.3, -0.25) is 4.79 Å². The Labute approximate surface area is 174 Å². The van der Waals surface area contributed by atoms with Crippen molar-refractivity contribution in [3.8, 4) is 0 Å². The number of hydrogen-bond donors (Lipinski definition) is 2. The summed E-state index contributed by atoms with van der Waals surface area (Å²) in [5.74, 6) is 1.64. The number of aliphatic hydroxyl groups excluding tert-OH is 1. The summed E-state index contributed by atoms with van der Waals surface area (Å²) in [5, 5.41) is 12.2. The summed E-state index contributed by atoms with van der Waals surface area (Å²) < 4.78 is 10.9. The molecule has 0 aromatic carbocycles. The molecule has 2 saturated carbocycles. The summed E-state index contributed by atoms with van der Waals surface area (Å²) in [7, 11) is 1.52. The van der Waals surface area contributed by atoms with E-state index in [2.05, 4.69) is 31.8 Å². The first-order valence-corrected chi connectivity index (χ1v) is 11.0. The predicted molar refractivity (Wildman–Crippen MR) is 113 cm³/mol. The zero-order valence-corrected chi connectivity index (χ0v) is 18.3. The van der Waals surface area contributed by atoms with Crippen LogP contribution in [-0.2, 0) is 22.5 Å². The van der Waals surface area contributed by atoms with Gasteiger partial charge in [0.05, 0.1) is 31.9 Å². The van der Waals surface area contributed by atoms with Crippen molar-refractivity contribution in [1.29, 1.82) is 0 Å². The molecular formula is C24H37NO4. The van der Waals surface area contributed by atoms with Gasteiger partial charge < -0.3 is 19.6 Å². The lowest BCUT2D eigenvalue weighted by atomic mass is 9.46. The zero-order chi connectivity index (χ0) is 21.1. The lowest BCUT2D eigenvalue weighted by Gasteiger charge is -2.57. The van der Waals surface area contributed by atoms with Crippen molar-refractivity contribution in [2.45, 2.75) is 65.3 Å². The van der Waals surface area contributed by atoms with Gasteiger partial charge in [-0.2, -0.15) is 0 Å². The molecule has 5 nitrogen and oxygen atoms in total. The van der Waals surface area contributed by atoms with Crippen LogP contribution in [0.4, 0.5) is 0 Å². The number of carbonyl (C=O) groups is 1. The van der Waals surface area contributed by atoms with Crippen LogP contribution in [0.5, 0.6) is 0 Å². The molecule has 4 atom stereocenters. The summed E-state index contributed by atoms with van der Waals surface area (Å²) in [5.41, 5.74) is 2.24. The number of nitrogens with one attached hydrogen (secondary N) is 1. The summed E-state index contributed by atoms with van der Waals surface area (Å²) in [6.45, 7) is 10.3. The van der Waals surface area contributed by atoms with Crippen molar-refractivity contribution < 1.29 is 19.1 Å². The van der Waals surface area contributed by atoms with Crippen molar-refractivity contribution in [3.05, 3.63) is 35.8 Å². The van der Waals surface area contributed by atoms with Gasteiger partial charge in [-0.15, -0.1) is 0 Å². The highest BCUT2D eigenvalue weighted by atomic mass is 16.5. The van der Waals surface area contributed by atoms with Crippen molar-refractivity contribution >= 4 is 5.97 Å². The Bertz CT molecular complexity index is 726. The number of esters is 1. The normalized spacial score (nSPS) is 32.1. The number of methoxy groups -OCH3 is 1. The molecular weight excluding hydrogens is 366 g/mol. The number of allylic oxidation sites excluding steroid dienone is 1. The molecule has 2 aliphatic rings. The van der Waals surface area contributed by atoms with Crippen molar-refractivity contribution in [2.75, 3.05) is 20.3 Å². The standard InChI is InChI=1S/C24H37NO4/c1-17-6-9-21-23(2,11-5-12-24(21,3)22(27)28-4)19(17)8-7-18-10-15-29-20(18)16-25-13-14-26/h10,15,19,21,25-26H,1,5-9,11-14,16H2,2-4H3/t19-,21+,23-,24+/m0/s1. The first-order valence-electron chi connectivity index (χ1n) is 11.0. The molecule has 0 saturated heterocycles. The summed E-state index contributed by atoms with van der Waals surface area (Å²) in [4.78, 5) is 12.7. The molecule has 1 aromatic rings. The topological polar surface area (TPSA) is 71.7 Å². The molecule has 162 valence electrons. The Morgan fingerprint density at radius 3 is 2.93 bits per heavy atom. The van der Waals surface area contributed by atoms with Gasteiger partial charge in [0.2, 0.25) is 0 Å². The average molecular weight is 404 g/mol. The highest BCUT2D eigenvalue weighted by Crippen LogP contribution is 2.62. The summed E-state index contributed by atoms with van der Waals surface area (Å²) >= 11 is 0. The number of rotatable bonds is 8. The molecule has 2 aliphatic carbocycles. The number of aryl methyl sites for hydroxylation is 1. The fourth-order valence-corrected chi connectivity index (χ4v) is 6.29. The van der Waals surface area contributed by atoms with Gasteiger partial charge in [0.15, 0.2) is 0 Å². The molecule has 3 rings (SSSR count). The van der Waals surface area contributed by atoms with Crippen molar-refractivity contribution in [1.82, 2.24) is 5.32 Å². The van der Waals surface area contributed by atoms with Gasteiger partial charge in [0, 0.05) is 6.54 Å². The molecule has 0 spiro atoms. The van der Waals surface area contributed by atoms with Crippen LogP contribution in [0.3, 0.4) is 0 Å². The molecule has 1 heterocycles. The first-order chi connectivity index (χ1) is 13.9. The summed E-state index contributed by atoms with van der Waals surface area (Å²) in [6.07, 6.45) is 8.85. The molecule has 0 amide bonds. The lowest BCUT2D eigenvalue weighted by molar-refractivity contribution is -0.168. The SMILES string of the molecule is C=C1CC[C@@H]2[C@@](C)(CCC[C@@]2(C)C(=O)OC)[C@H]1CCc1ccoc1CNCCO. The van der Waals surface area contributed by atoms with Crippen LogP contribution in [0.1, 0.15) is 63.7 Å². The molecule has 0 radical (unpaired) electrons. The third kappa shape index (κ3) is 4.17. The number of fused-ring (bicyclic) bond motifs is 1. The van der Waals surface area contributed by atoms with E-state index < -0.39 is 5.41 Å². The minimum absolute atomic E-state index is 0.0493. The lowest BCUT2D eigenvalue weighted by Crippen LogP contribution is -2.53. The second kappa shape index (κ2) is 9.05. The third-order valence-electron chi connectivity index (χ3n) is 7.79. The van der Waals surface area contributed by atoms with Gasteiger partial charge in [-0.05, 0) is 74.3 Å². The molecule has 0 aliphatic heterocycles. The van der Waals surface area contributed by atoms with Crippen molar-refractivity contribution in [3.63, 3.8) is 0 Å². The maximum atomic E-state index is 12.7. The number of ether oxygens (including phenoxy) is 1. The van der Waals surface area contributed by atoms with Gasteiger partial charge in [0.25, 0.3) is 0 Å². The highest BCUT2D eigenvalue weighted by Gasteiger charge is 2.57. The number of carbonyl (C=O) groups excluding carboxylic acids is 1. The van der Waals surface area contributed by atoms with Crippen molar-refractivity contribution in [2.24, 2.45) is 22.7 Å². The molecule has 0 unspecified atom stereocenters. The molecule has 1 aromatic heterocycles. The Balaban J connectivity index is 1.76. The van der Waals surface area contributed by atoms with E-state index in [1.54, 1.807) is 6.26 Å². The largest absolute Gasteiger partial charge is 0.469 e. The van der Waals surface area contributed by atoms with Crippen LogP contribution >= 0.6 is 0 Å². The second-order valence-corrected chi connectivity index (χ2v) is 9.38. The summed E-state index contributed by atoms with van der Waals surface area (Å²) in [6, 6.07) is 2.06. The van der Waals surface area contributed by atoms with Gasteiger partial charge >= 0.3 is 5.97 Å². The Kier molecular flexibility index (Phi) is 6.90. The van der Waals surface area contributed by atoms with E-state index >= 15 is 0 Å². The first kappa shape index (κ1) is 22.1. The van der Waals surface area contributed by atoms with E-state index in [0.29, 0.717) is 24.9 Å².